The van der Waals surface area contributed by atoms with Crippen molar-refractivity contribution in [3.05, 3.63) is 57.4 Å². The number of aryl methyl sites for hydroxylation is 1. The summed E-state index contributed by atoms with van der Waals surface area (Å²) in [6.07, 6.45) is 2.69. The van der Waals surface area contributed by atoms with E-state index in [-0.39, 0.29) is 11.6 Å². The number of amides is 1. The molecule has 2 heterocycles. The van der Waals surface area contributed by atoms with Gasteiger partial charge in [-0.2, -0.15) is 0 Å². The highest BCUT2D eigenvalue weighted by Crippen LogP contribution is 2.31. The molecule has 30 heavy (non-hydrogen) atoms. The Kier molecular flexibility index (Phi) is 6.64. The van der Waals surface area contributed by atoms with Gasteiger partial charge in [0.2, 0.25) is 10.0 Å². The number of carbonyl (C=O) groups is 1. The van der Waals surface area contributed by atoms with Crippen LogP contribution in [0.25, 0.3) is 11.3 Å². The van der Waals surface area contributed by atoms with Gasteiger partial charge in [-0.3, -0.25) is 14.5 Å². The number of aromatic nitrogens is 1. The van der Waals surface area contributed by atoms with E-state index < -0.39 is 10.0 Å². The lowest BCUT2D eigenvalue weighted by atomic mass is 10.1. The Morgan fingerprint density at radius 2 is 1.93 bits per heavy atom. The van der Waals surface area contributed by atoms with Crippen LogP contribution in [-0.2, 0) is 10.0 Å². The van der Waals surface area contributed by atoms with Crippen LogP contribution in [0.1, 0.15) is 21.5 Å². The number of benzene rings is 1. The molecule has 0 spiro atoms. The van der Waals surface area contributed by atoms with Crippen LogP contribution in [0.4, 0.5) is 11.4 Å². The number of anilines is 2. The van der Waals surface area contributed by atoms with E-state index in [2.05, 4.69) is 15.0 Å². The van der Waals surface area contributed by atoms with Gasteiger partial charge in [0.1, 0.15) is 5.75 Å². The Labute approximate surface area is 184 Å². The van der Waals surface area contributed by atoms with E-state index in [4.69, 9.17) is 16.3 Å². The third-order valence-corrected chi connectivity index (χ3v) is 5.80. The largest absolute Gasteiger partial charge is 0.492 e. The van der Waals surface area contributed by atoms with Crippen LogP contribution < -0.4 is 14.8 Å². The number of rotatable bonds is 7. The summed E-state index contributed by atoms with van der Waals surface area (Å²) in [5, 5.41) is 3.05. The first-order chi connectivity index (χ1) is 14.1. The Balaban J connectivity index is 1.81. The minimum Gasteiger partial charge on any atom is -0.492 e. The number of hydrogen-bond acceptors (Lipinski definition) is 6. The quantitative estimate of drug-likeness (QED) is 0.522. The molecular formula is C20H20ClN3O4S2. The van der Waals surface area contributed by atoms with Gasteiger partial charge in [-0.05, 0) is 50.2 Å². The first kappa shape index (κ1) is 22.1. The lowest BCUT2D eigenvalue weighted by molar-refractivity contribution is 0.103. The van der Waals surface area contributed by atoms with Crippen molar-refractivity contribution >= 4 is 50.2 Å². The van der Waals surface area contributed by atoms with Gasteiger partial charge in [-0.1, -0.05) is 11.6 Å². The average molecular weight is 466 g/mol. The van der Waals surface area contributed by atoms with E-state index in [1.165, 1.54) is 23.5 Å². The molecule has 0 aliphatic heterocycles. The third-order valence-electron chi connectivity index (χ3n) is 3.92. The van der Waals surface area contributed by atoms with Crippen molar-refractivity contribution in [1.29, 1.82) is 0 Å². The fraction of sp³-hybridized carbons (Fsp3) is 0.200. The van der Waals surface area contributed by atoms with Crippen molar-refractivity contribution in [3.63, 3.8) is 0 Å². The number of carbonyl (C=O) groups excluding carboxylic acids is 1. The molecule has 0 aliphatic rings. The fourth-order valence-electron chi connectivity index (χ4n) is 2.77. The second-order valence-electron chi connectivity index (χ2n) is 6.45. The van der Waals surface area contributed by atoms with Crippen molar-refractivity contribution in [2.45, 2.75) is 13.8 Å². The van der Waals surface area contributed by atoms with Gasteiger partial charge >= 0.3 is 0 Å². The molecule has 7 nitrogen and oxygen atoms in total. The van der Waals surface area contributed by atoms with Gasteiger partial charge in [0, 0.05) is 21.2 Å². The summed E-state index contributed by atoms with van der Waals surface area (Å²) >= 11 is 7.39. The topological polar surface area (TPSA) is 97.4 Å². The number of nitrogens with zero attached hydrogens (tertiary/aromatic N) is 1. The van der Waals surface area contributed by atoms with Crippen molar-refractivity contribution in [1.82, 2.24) is 4.98 Å². The Bertz CT molecular complexity index is 1180. The van der Waals surface area contributed by atoms with E-state index in [0.717, 1.165) is 22.4 Å². The molecule has 2 N–H and O–H groups in total. The summed E-state index contributed by atoms with van der Waals surface area (Å²) < 4.78 is 30.6. The zero-order chi connectivity index (χ0) is 21.9. The van der Waals surface area contributed by atoms with Gasteiger partial charge < -0.3 is 10.1 Å². The van der Waals surface area contributed by atoms with Gasteiger partial charge in [-0.25, -0.2) is 8.42 Å². The molecule has 0 saturated carbocycles. The predicted molar refractivity (Wildman–Crippen MR) is 121 cm³/mol. The van der Waals surface area contributed by atoms with Crippen LogP contribution in [0, 0.1) is 6.92 Å². The molecular weight excluding hydrogens is 446 g/mol. The van der Waals surface area contributed by atoms with Crippen LogP contribution in [0.2, 0.25) is 5.02 Å². The van der Waals surface area contributed by atoms with E-state index in [9.17, 15) is 13.2 Å². The highest BCUT2D eigenvalue weighted by molar-refractivity contribution is 7.92. The molecule has 0 saturated heterocycles. The maximum Gasteiger partial charge on any atom is 0.265 e. The average Bonchev–Trinajstić information content (AvgIpc) is 3.02. The van der Waals surface area contributed by atoms with Crippen LogP contribution in [0.5, 0.6) is 5.75 Å². The fourth-order valence-corrected chi connectivity index (χ4v) is 4.47. The lowest BCUT2D eigenvalue weighted by Crippen LogP contribution is -2.12. The number of hydrogen-bond donors (Lipinski definition) is 2. The van der Waals surface area contributed by atoms with E-state index in [0.29, 0.717) is 27.9 Å². The zero-order valence-electron chi connectivity index (χ0n) is 16.5. The monoisotopic (exact) mass is 465 g/mol. The third kappa shape index (κ3) is 5.71. The van der Waals surface area contributed by atoms with E-state index in [1.807, 2.05) is 26.0 Å². The number of nitrogens with one attached hydrogen (secondary N) is 2. The molecule has 3 aromatic rings. The highest BCUT2D eigenvalue weighted by Gasteiger charge is 2.16. The Hall–Kier alpha value is -2.62. The minimum atomic E-state index is -3.47. The molecule has 1 amide bonds. The smallest absolute Gasteiger partial charge is 0.265 e. The van der Waals surface area contributed by atoms with Crippen LogP contribution in [-0.4, -0.2) is 32.2 Å². The molecule has 1 aromatic carbocycles. The molecule has 0 aliphatic carbocycles. The summed E-state index contributed by atoms with van der Waals surface area (Å²) in [5.74, 6) is 0.361. The second kappa shape index (κ2) is 9.03. The Morgan fingerprint density at radius 1 is 1.20 bits per heavy atom. The number of sulfonamides is 1. The first-order valence-corrected chi connectivity index (χ1v) is 12.0. The minimum absolute atomic E-state index is 0.266. The number of ether oxygens (including phenoxy) is 1. The SMILES string of the molecule is CCOc1ccc(-c2cc(C(=O)Nc3cc(Cl)cc(NS(C)(=O)=O)c3)sc2C)nc1. The van der Waals surface area contributed by atoms with Crippen LogP contribution in [0.15, 0.2) is 42.6 Å². The summed E-state index contributed by atoms with van der Waals surface area (Å²) in [5.41, 5.74) is 2.25. The van der Waals surface area contributed by atoms with Crippen molar-refractivity contribution in [2.75, 3.05) is 22.9 Å². The summed E-state index contributed by atoms with van der Waals surface area (Å²) in [4.78, 5) is 18.6. The van der Waals surface area contributed by atoms with Crippen molar-refractivity contribution < 1.29 is 17.9 Å². The molecule has 10 heteroatoms. The summed E-state index contributed by atoms with van der Waals surface area (Å²) in [6.45, 7) is 4.39. The molecule has 0 fully saturated rings. The first-order valence-electron chi connectivity index (χ1n) is 8.94. The maximum absolute atomic E-state index is 12.7. The summed E-state index contributed by atoms with van der Waals surface area (Å²) in [6, 6.07) is 9.97. The normalized spacial score (nSPS) is 11.2. The standard InChI is InChI=1S/C20H20ClN3O4S2/c1-4-28-16-5-6-18(22-11-16)17-10-19(29-12(17)2)20(25)23-14-7-13(21)8-15(9-14)24-30(3,26)27/h5-11,24H,4H2,1-3H3,(H,23,25). The molecule has 3 rings (SSSR count). The molecule has 0 radical (unpaired) electrons. The predicted octanol–water partition coefficient (Wildman–Crippen LogP) is 4.79. The van der Waals surface area contributed by atoms with E-state index >= 15 is 0 Å². The molecule has 2 aromatic heterocycles. The van der Waals surface area contributed by atoms with Crippen LogP contribution in [0.3, 0.4) is 0 Å². The molecule has 0 unspecified atom stereocenters. The molecule has 158 valence electrons. The van der Waals surface area contributed by atoms with Gasteiger partial charge in [0.25, 0.3) is 5.91 Å². The summed E-state index contributed by atoms with van der Waals surface area (Å²) in [7, 11) is -3.47. The zero-order valence-corrected chi connectivity index (χ0v) is 18.9. The second-order valence-corrected chi connectivity index (χ2v) is 9.89. The Morgan fingerprint density at radius 3 is 2.57 bits per heavy atom. The van der Waals surface area contributed by atoms with Crippen molar-refractivity contribution in [2.24, 2.45) is 0 Å². The van der Waals surface area contributed by atoms with Gasteiger partial charge in [0.05, 0.1) is 35.3 Å². The maximum atomic E-state index is 12.7. The number of thiophene rings is 1. The molecule has 0 bridgehead atoms. The molecule has 0 atom stereocenters. The highest BCUT2D eigenvalue weighted by atomic mass is 35.5. The van der Waals surface area contributed by atoms with Crippen LogP contribution >= 0.6 is 22.9 Å². The van der Waals surface area contributed by atoms with Crippen molar-refractivity contribution in [3.8, 4) is 17.0 Å². The lowest BCUT2D eigenvalue weighted by Gasteiger charge is -2.09. The number of halogens is 1. The van der Waals surface area contributed by atoms with Gasteiger partial charge in [-0.15, -0.1) is 11.3 Å². The number of pyridine rings is 1. The van der Waals surface area contributed by atoms with E-state index in [1.54, 1.807) is 18.3 Å². The van der Waals surface area contributed by atoms with Gasteiger partial charge in [0.15, 0.2) is 0 Å².